The number of hydrogen-bond donors (Lipinski definition) is 1. The molecule has 2 aliphatic rings. The van der Waals surface area contributed by atoms with Gasteiger partial charge in [0.2, 0.25) is 0 Å². The molecule has 2 aliphatic heterocycles. The SMILES string of the molecule is C=Cc1cc(C(=O)N2CCCCC[C@H]2C)nc2cc(-c3ccc(N4CCC(C)(C(=O)O)C4)cc3F)nn12. The number of hydrogen-bond acceptors (Lipinski definition) is 5. The summed E-state index contributed by atoms with van der Waals surface area (Å²) in [6.45, 7) is 9.25. The van der Waals surface area contributed by atoms with Gasteiger partial charge in [-0.15, -0.1) is 0 Å². The van der Waals surface area contributed by atoms with Crippen LogP contribution in [0.2, 0.25) is 0 Å². The second kappa shape index (κ2) is 9.61. The number of anilines is 1. The van der Waals surface area contributed by atoms with Crippen LogP contribution < -0.4 is 4.90 Å². The summed E-state index contributed by atoms with van der Waals surface area (Å²) in [7, 11) is 0. The fraction of sp³-hybridized carbons (Fsp3) is 0.429. The van der Waals surface area contributed by atoms with E-state index < -0.39 is 17.2 Å². The van der Waals surface area contributed by atoms with Crippen LogP contribution in [0.5, 0.6) is 0 Å². The molecule has 1 amide bonds. The fourth-order valence-electron chi connectivity index (χ4n) is 5.37. The molecule has 194 valence electrons. The number of likely N-dealkylation sites (tertiary alicyclic amines) is 1. The van der Waals surface area contributed by atoms with Crippen LogP contribution in [-0.2, 0) is 4.79 Å². The van der Waals surface area contributed by atoms with Crippen LogP contribution in [0.15, 0.2) is 36.9 Å². The first kappa shape index (κ1) is 24.9. The van der Waals surface area contributed by atoms with Gasteiger partial charge in [-0.3, -0.25) is 9.59 Å². The zero-order valence-electron chi connectivity index (χ0n) is 21.3. The van der Waals surface area contributed by atoms with Crippen molar-refractivity contribution in [2.75, 3.05) is 24.5 Å². The number of amides is 1. The zero-order valence-corrected chi connectivity index (χ0v) is 21.3. The summed E-state index contributed by atoms with van der Waals surface area (Å²) in [4.78, 5) is 33.3. The average molecular weight is 506 g/mol. The molecular formula is C28H32FN5O3. The summed E-state index contributed by atoms with van der Waals surface area (Å²) in [5.41, 5.74) is 1.86. The number of nitrogens with zero attached hydrogens (tertiary/aromatic N) is 5. The van der Waals surface area contributed by atoms with E-state index in [9.17, 15) is 14.7 Å². The van der Waals surface area contributed by atoms with E-state index >= 15 is 4.39 Å². The van der Waals surface area contributed by atoms with Gasteiger partial charge >= 0.3 is 5.97 Å². The molecule has 0 spiro atoms. The third-order valence-corrected chi connectivity index (χ3v) is 7.78. The van der Waals surface area contributed by atoms with E-state index in [0.717, 1.165) is 25.7 Å². The predicted molar refractivity (Wildman–Crippen MR) is 140 cm³/mol. The zero-order chi connectivity index (χ0) is 26.3. The Morgan fingerprint density at radius 3 is 2.70 bits per heavy atom. The number of fused-ring (bicyclic) bond motifs is 1. The number of rotatable bonds is 5. The van der Waals surface area contributed by atoms with Gasteiger partial charge in [-0.1, -0.05) is 19.4 Å². The molecule has 0 saturated carbocycles. The minimum Gasteiger partial charge on any atom is -0.481 e. The molecule has 2 aromatic heterocycles. The lowest BCUT2D eigenvalue weighted by Gasteiger charge is -2.26. The largest absolute Gasteiger partial charge is 0.481 e. The van der Waals surface area contributed by atoms with Gasteiger partial charge in [-0.25, -0.2) is 13.9 Å². The van der Waals surface area contributed by atoms with E-state index in [0.29, 0.717) is 60.0 Å². The molecule has 3 aromatic rings. The maximum atomic E-state index is 15.3. The Bertz CT molecular complexity index is 1390. The minimum atomic E-state index is -0.843. The summed E-state index contributed by atoms with van der Waals surface area (Å²) in [6.07, 6.45) is 6.30. The quantitative estimate of drug-likeness (QED) is 0.531. The molecule has 0 bridgehead atoms. The first-order valence-electron chi connectivity index (χ1n) is 12.8. The normalized spacial score (nSPS) is 22.3. The molecule has 0 aliphatic carbocycles. The molecule has 4 heterocycles. The van der Waals surface area contributed by atoms with Crippen LogP contribution in [-0.4, -0.2) is 62.2 Å². The van der Waals surface area contributed by atoms with Gasteiger partial charge in [-0.05, 0) is 63.5 Å². The van der Waals surface area contributed by atoms with Crippen molar-refractivity contribution in [3.05, 3.63) is 54.1 Å². The number of aromatic nitrogens is 3. The molecule has 37 heavy (non-hydrogen) atoms. The minimum absolute atomic E-state index is 0.114. The highest BCUT2D eigenvalue weighted by atomic mass is 19.1. The van der Waals surface area contributed by atoms with Crippen molar-refractivity contribution in [3.63, 3.8) is 0 Å². The number of halogens is 1. The van der Waals surface area contributed by atoms with Gasteiger partial charge in [0.05, 0.1) is 16.8 Å². The van der Waals surface area contributed by atoms with E-state index in [-0.39, 0.29) is 11.9 Å². The van der Waals surface area contributed by atoms with Crippen LogP contribution in [0.25, 0.3) is 23.0 Å². The summed E-state index contributed by atoms with van der Waals surface area (Å²) >= 11 is 0. The first-order chi connectivity index (χ1) is 17.7. The maximum Gasteiger partial charge on any atom is 0.311 e. The van der Waals surface area contributed by atoms with Crippen molar-refractivity contribution in [3.8, 4) is 11.3 Å². The van der Waals surface area contributed by atoms with Gasteiger partial charge in [0.25, 0.3) is 5.91 Å². The molecule has 0 radical (unpaired) electrons. The molecule has 1 unspecified atom stereocenters. The van der Waals surface area contributed by atoms with Gasteiger partial charge in [-0.2, -0.15) is 5.10 Å². The Kier molecular flexibility index (Phi) is 6.47. The topological polar surface area (TPSA) is 91.0 Å². The molecule has 1 aromatic carbocycles. The Balaban J connectivity index is 1.45. The van der Waals surface area contributed by atoms with Crippen LogP contribution in [0, 0.1) is 11.2 Å². The third kappa shape index (κ3) is 4.58. The van der Waals surface area contributed by atoms with Crippen LogP contribution in [0.1, 0.15) is 62.1 Å². The van der Waals surface area contributed by atoms with Crippen LogP contribution >= 0.6 is 0 Å². The van der Waals surface area contributed by atoms with Crippen LogP contribution in [0.4, 0.5) is 10.1 Å². The highest BCUT2D eigenvalue weighted by Crippen LogP contribution is 2.35. The van der Waals surface area contributed by atoms with Crippen LogP contribution in [0.3, 0.4) is 0 Å². The molecule has 2 fully saturated rings. The monoisotopic (exact) mass is 505 g/mol. The van der Waals surface area contributed by atoms with Crippen molar-refractivity contribution in [1.82, 2.24) is 19.5 Å². The van der Waals surface area contributed by atoms with Gasteiger partial charge in [0, 0.05) is 43.0 Å². The average Bonchev–Trinajstić information content (AvgIpc) is 3.43. The molecule has 1 N–H and O–H groups in total. The van der Waals surface area contributed by atoms with Crippen molar-refractivity contribution >= 4 is 29.3 Å². The Hall–Kier alpha value is -3.75. The van der Waals surface area contributed by atoms with E-state index in [1.165, 1.54) is 6.07 Å². The number of aliphatic carboxylic acids is 1. The number of carbonyl (C=O) groups excluding carboxylic acids is 1. The first-order valence-corrected chi connectivity index (χ1v) is 12.8. The number of carboxylic acids is 1. The summed E-state index contributed by atoms with van der Waals surface area (Å²) in [6, 6.07) is 8.37. The van der Waals surface area contributed by atoms with E-state index in [4.69, 9.17) is 0 Å². The van der Waals surface area contributed by atoms with Gasteiger partial charge in [0.15, 0.2) is 5.65 Å². The van der Waals surface area contributed by atoms with E-state index in [1.54, 1.807) is 41.8 Å². The fourth-order valence-corrected chi connectivity index (χ4v) is 5.37. The molecule has 2 atom stereocenters. The van der Waals surface area contributed by atoms with Gasteiger partial charge < -0.3 is 14.9 Å². The van der Waals surface area contributed by atoms with Gasteiger partial charge in [0.1, 0.15) is 11.5 Å². The summed E-state index contributed by atoms with van der Waals surface area (Å²) < 4.78 is 16.9. The lowest BCUT2D eigenvalue weighted by molar-refractivity contribution is -0.146. The lowest BCUT2D eigenvalue weighted by Crippen LogP contribution is -2.38. The van der Waals surface area contributed by atoms with Crippen molar-refractivity contribution < 1.29 is 19.1 Å². The number of carboxylic acid groups (broad SMARTS) is 1. The van der Waals surface area contributed by atoms with E-state index in [1.807, 2.05) is 9.80 Å². The number of carbonyl (C=O) groups is 2. The summed E-state index contributed by atoms with van der Waals surface area (Å²) in [5.74, 6) is -1.41. The Labute approximate surface area is 215 Å². The standard InChI is InChI=1S/C28H32FN5O3/c1-4-19-15-24(26(35)33-12-7-5-6-8-18(33)2)30-25-16-23(31-34(19)25)21-10-9-20(14-22(21)29)32-13-11-28(3,17-32)27(36)37/h4,9-10,14-16,18H,1,5-8,11-13,17H2,2-3H3,(H,36,37)/t18-,28?/m1/s1. The number of benzene rings is 1. The molecular weight excluding hydrogens is 473 g/mol. The van der Waals surface area contributed by atoms with Crippen molar-refractivity contribution in [2.24, 2.45) is 5.41 Å². The highest BCUT2D eigenvalue weighted by molar-refractivity contribution is 5.93. The second-order valence-corrected chi connectivity index (χ2v) is 10.5. The highest BCUT2D eigenvalue weighted by Gasteiger charge is 2.40. The maximum absolute atomic E-state index is 15.3. The second-order valence-electron chi connectivity index (χ2n) is 10.5. The summed E-state index contributed by atoms with van der Waals surface area (Å²) in [5, 5.41) is 14.1. The Morgan fingerprint density at radius 2 is 2.00 bits per heavy atom. The van der Waals surface area contributed by atoms with E-state index in [2.05, 4.69) is 23.6 Å². The molecule has 9 heteroatoms. The van der Waals surface area contributed by atoms with Crippen molar-refractivity contribution in [2.45, 2.75) is 52.0 Å². The smallest absolute Gasteiger partial charge is 0.311 e. The molecule has 8 nitrogen and oxygen atoms in total. The lowest BCUT2D eigenvalue weighted by atomic mass is 9.90. The Morgan fingerprint density at radius 1 is 1.19 bits per heavy atom. The molecule has 2 saturated heterocycles. The molecule has 5 rings (SSSR count). The third-order valence-electron chi connectivity index (χ3n) is 7.78. The predicted octanol–water partition coefficient (Wildman–Crippen LogP) is 4.88. The van der Waals surface area contributed by atoms with Crippen molar-refractivity contribution in [1.29, 1.82) is 0 Å².